The highest BCUT2D eigenvalue weighted by atomic mass is 16.5. The molecule has 10 heteroatoms. The van der Waals surface area contributed by atoms with Crippen molar-refractivity contribution in [2.75, 3.05) is 14.2 Å². The fraction of sp³-hybridized carbons (Fsp3) is 0.333. The summed E-state index contributed by atoms with van der Waals surface area (Å²) in [5.41, 5.74) is 5.72. The predicted molar refractivity (Wildman–Crippen MR) is 128 cm³/mol. The van der Waals surface area contributed by atoms with Gasteiger partial charge in [0.2, 0.25) is 11.8 Å². The van der Waals surface area contributed by atoms with Gasteiger partial charge in [-0.25, -0.2) is 10.9 Å². The summed E-state index contributed by atoms with van der Waals surface area (Å²) in [5, 5.41) is 27.6. The van der Waals surface area contributed by atoms with Crippen molar-refractivity contribution >= 4 is 24.2 Å². The molecule has 4 N–H and O–H groups in total. The van der Waals surface area contributed by atoms with E-state index in [9.17, 15) is 19.8 Å². The standard InChI is InChI=1S/C24H30N4O6/c1-33-19-11-7-9-17(23(19)31)15-25-27-21(29)13-5-3-4-6-14-22(30)28-26-16-18-10-8-12-20(34-2)24(18)32/h7-12,15-16,31-32H,3-6,13-14H2,1-2H3,(H,27,29)(H,28,30)/b25-15+,26-16+. The number of amides is 2. The summed E-state index contributed by atoms with van der Waals surface area (Å²) in [6.07, 6.45) is 6.24. The number of methoxy groups -OCH3 is 2. The Bertz CT molecular complexity index is 941. The molecule has 0 aliphatic rings. The number of unbranched alkanes of at least 4 members (excludes halogenated alkanes) is 3. The lowest BCUT2D eigenvalue weighted by atomic mass is 10.1. The summed E-state index contributed by atoms with van der Waals surface area (Å²) in [4.78, 5) is 23.7. The van der Waals surface area contributed by atoms with E-state index >= 15 is 0 Å². The Morgan fingerprint density at radius 3 is 1.56 bits per heavy atom. The van der Waals surface area contributed by atoms with Crippen molar-refractivity contribution in [1.82, 2.24) is 10.9 Å². The van der Waals surface area contributed by atoms with Crippen LogP contribution in [0.2, 0.25) is 0 Å². The average Bonchev–Trinajstić information content (AvgIpc) is 2.83. The Kier molecular flexibility index (Phi) is 10.9. The summed E-state index contributed by atoms with van der Waals surface area (Å²) in [6, 6.07) is 9.96. The van der Waals surface area contributed by atoms with Crippen LogP contribution in [0.15, 0.2) is 46.6 Å². The largest absolute Gasteiger partial charge is 0.504 e. The van der Waals surface area contributed by atoms with Gasteiger partial charge in [0.25, 0.3) is 0 Å². The number of phenols is 2. The van der Waals surface area contributed by atoms with Crippen molar-refractivity contribution in [3.63, 3.8) is 0 Å². The minimum atomic E-state index is -0.230. The van der Waals surface area contributed by atoms with Gasteiger partial charge in [-0.05, 0) is 37.1 Å². The number of ether oxygens (including phenoxy) is 2. The van der Waals surface area contributed by atoms with Crippen molar-refractivity contribution in [2.45, 2.75) is 38.5 Å². The molecule has 0 heterocycles. The van der Waals surface area contributed by atoms with E-state index in [1.807, 2.05) is 0 Å². The molecular formula is C24H30N4O6. The second-order valence-electron chi connectivity index (χ2n) is 7.30. The van der Waals surface area contributed by atoms with Crippen molar-refractivity contribution < 1.29 is 29.3 Å². The number of rotatable bonds is 13. The first kappa shape index (κ1) is 26.2. The lowest BCUT2D eigenvalue weighted by Gasteiger charge is -2.05. The third kappa shape index (κ3) is 8.45. The molecule has 0 aliphatic heterocycles. The van der Waals surface area contributed by atoms with Crippen LogP contribution in [0.3, 0.4) is 0 Å². The van der Waals surface area contributed by atoms with Gasteiger partial charge in [0, 0.05) is 24.0 Å². The second kappa shape index (κ2) is 14.1. The van der Waals surface area contributed by atoms with Gasteiger partial charge in [-0.1, -0.05) is 25.0 Å². The molecule has 0 saturated carbocycles. The Morgan fingerprint density at radius 1 is 0.765 bits per heavy atom. The first-order chi connectivity index (χ1) is 16.5. The third-order valence-corrected chi connectivity index (χ3v) is 4.84. The minimum absolute atomic E-state index is 0.0452. The van der Waals surface area contributed by atoms with Gasteiger partial charge >= 0.3 is 0 Å². The van der Waals surface area contributed by atoms with Crippen molar-refractivity contribution in [3.05, 3.63) is 47.5 Å². The van der Waals surface area contributed by atoms with Crippen LogP contribution in [-0.2, 0) is 9.59 Å². The molecule has 0 atom stereocenters. The summed E-state index contributed by atoms with van der Waals surface area (Å²) >= 11 is 0. The first-order valence-electron chi connectivity index (χ1n) is 10.8. The van der Waals surface area contributed by atoms with Gasteiger partial charge in [-0.15, -0.1) is 0 Å². The van der Waals surface area contributed by atoms with E-state index in [2.05, 4.69) is 21.1 Å². The third-order valence-electron chi connectivity index (χ3n) is 4.84. The Balaban J connectivity index is 1.58. The minimum Gasteiger partial charge on any atom is -0.504 e. The smallest absolute Gasteiger partial charge is 0.240 e. The maximum Gasteiger partial charge on any atom is 0.240 e. The first-order valence-corrected chi connectivity index (χ1v) is 10.8. The molecule has 0 spiro atoms. The average molecular weight is 471 g/mol. The lowest BCUT2D eigenvalue weighted by molar-refractivity contribution is -0.122. The fourth-order valence-electron chi connectivity index (χ4n) is 3.00. The normalized spacial score (nSPS) is 11.0. The van der Waals surface area contributed by atoms with E-state index in [4.69, 9.17) is 9.47 Å². The van der Waals surface area contributed by atoms with E-state index in [0.29, 0.717) is 48.3 Å². The van der Waals surface area contributed by atoms with E-state index in [1.165, 1.54) is 26.6 Å². The van der Waals surface area contributed by atoms with Crippen LogP contribution in [0.4, 0.5) is 0 Å². The van der Waals surface area contributed by atoms with Crippen molar-refractivity contribution in [3.8, 4) is 23.0 Å². The molecule has 0 fully saturated rings. The van der Waals surface area contributed by atoms with E-state index in [-0.39, 0.29) is 23.3 Å². The summed E-state index contributed by atoms with van der Waals surface area (Å²) in [7, 11) is 2.91. The van der Waals surface area contributed by atoms with Gasteiger partial charge in [-0.3, -0.25) is 9.59 Å². The molecule has 0 unspecified atom stereocenters. The molecule has 2 amide bonds. The van der Waals surface area contributed by atoms with Crippen LogP contribution < -0.4 is 20.3 Å². The van der Waals surface area contributed by atoms with Gasteiger partial charge < -0.3 is 19.7 Å². The molecule has 2 aromatic carbocycles. The summed E-state index contributed by atoms with van der Waals surface area (Å²) in [6.45, 7) is 0. The number of carbonyl (C=O) groups excluding carboxylic acids is 2. The number of hydrogen-bond acceptors (Lipinski definition) is 8. The molecule has 0 saturated heterocycles. The number of nitrogens with one attached hydrogen (secondary N) is 2. The van der Waals surface area contributed by atoms with Crippen LogP contribution in [-0.4, -0.2) is 48.7 Å². The molecule has 0 bridgehead atoms. The maximum absolute atomic E-state index is 11.9. The maximum atomic E-state index is 11.9. The Morgan fingerprint density at radius 2 is 1.18 bits per heavy atom. The molecular weight excluding hydrogens is 440 g/mol. The highest BCUT2D eigenvalue weighted by molar-refractivity contribution is 5.87. The molecule has 2 rings (SSSR count). The number of nitrogens with zero attached hydrogens (tertiary/aromatic N) is 2. The number of aromatic hydroxyl groups is 2. The van der Waals surface area contributed by atoms with Crippen LogP contribution in [0.1, 0.15) is 49.7 Å². The summed E-state index contributed by atoms with van der Waals surface area (Å²) < 4.78 is 10.0. The van der Waals surface area contributed by atoms with Crippen molar-refractivity contribution in [2.24, 2.45) is 10.2 Å². The van der Waals surface area contributed by atoms with Gasteiger partial charge in [0.15, 0.2) is 23.0 Å². The topological polar surface area (TPSA) is 142 Å². The number of para-hydroxylation sites is 2. The predicted octanol–water partition coefficient (Wildman–Crippen LogP) is 3.06. The zero-order valence-electron chi connectivity index (χ0n) is 19.3. The molecule has 0 radical (unpaired) electrons. The van der Waals surface area contributed by atoms with Crippen molar-refractivity contribution in [1.29, 1.82) is 0 Å². The fourth-order valence-corrected chi connectivity index (χ4v) is 3.00. The van der Waals surface area contributed by atoms with Crippen LogP contribution >= 0.6 is 0 Å². The molecule has 10 nitrogen and oxygen atoms in total. The zero-order valence-corrected chi connectivity index (χ0v) is 19.3. The number of phenolic OH excluding ortho intramolecular Hbond substituents is 2. The van der Waals surface area contributed by atoms with Gasteiger partial charge in [0.1, 0.15) is 0 Å². The molecule has 34 heavy (non-hydrogen) atoms. The highest BCUT2D eigenvalue weighted by Crippen LogP contribution is 2.28. The molecule has 0 aromatic heterocycles. The monoisotopic (exact) mass is 470 g/mol. The number of hydrogen-bond donors (Lipinski definition) is 4. The van der Waals surface area contributed by atoms with E-state index in [1.54, 1.807) is 36.4 Å². The Labute approximate surface area is 198 Å². The van der Waals surface area contributed by atoms with E-state index < -0.39 is 0 Å². The Hall–Kier alpha value is -4.08. The van der Waals surface area contributed by atoms with Gasteiger partial charge in [0.05, 0.1) is 26.6 Å². The molecule has 0 aliphatic carbocycles. The highest BCUT2D eigenvalue weighted by Gasteiger charge is 2.07. The van der Waals surface area contributed by atoms with Crippen LogP contribution in [0.25, 0.3) is 0 Å². The number of benzene rings is 2. The number of hydrazone groups is 2. The van der Waals surface area contributed by atoms with Crippen LogP contribution in [0.5, 0.6) is 23.0 Å². The van der Waals surface area contributed by atoms with Gasteiger partial charge in [-0.2, -0.15) is 10.2 Å². The quantitative estimate of drug-likeness (QED) is 0.201. The zero-order chi connectivity index (χ0) is 24.8. The number of carbonyl (C=O) groups is 2. The summed E-state index contributed by atoms with van der Waals surface area (Å²) in [5.74, 6) is 0.101. The van der Waals surface area contributed by atoms with Crippen LogP contribution in [0, 0.1) is 0 Å². The second-order valence-corrected chi connectivity index (χ2v) is 7.30. The van der Waals surface area contributed by atoms with E-state index in [0.717, 1.165) is 12.8 Å². The SMILES string of the molecule is COc1cccc(/C=N/NC(=O)CCCCCCC(=O)N/N=C/c2cccc(OC)c2O)c1O. The lowest BCUT2D eigenvalue weighted by Crippen LogP contribution is -2.17. The molecule has 182 valence electrons. The molecule has 2 aromatic rings.